The fourth-order valence-electron chi connectivity index (χ4n) is 3.86. The number of rotatable bonds is 8. The van der Waals surface area contributed by atoms with Gasteiger partial charge in [-0.3, -0.25) is 4.79 Å². The Balaban J connectivity index is 1.53. The molecule has 1 aliphatic heterocycles. The molecule has 162 valence electrons. The van der Waals surface area contributed by atoms with Crippen LogP contribution in [-0.4, -0.2) is 30.6 Å². The van der Waals surface area contributed by atoms with E-state index in [1.165, 1.54) is 12.1 Å². The van der Waals surface area contributed by atoms with Crippen molar-refractivity contribution in [3.63, 3.8) is 0 Å². The number of anilines is 2. The van der Waals surface area contributed by atoms with E-state index in [4.69, 9.17) is 10.00 Å². The molecule has 0 spiro atoms. The van der Waals surface area contributed by atoms with E-state index in [1.54, 1.807) is 30.5 Å². The molecule has 0 radical (unpaired) electrons. The largest absolute Gasteiger partial charge is 0.428 e. The third kappa shape index (κ3) is 4.68. The first kappa shape index (κ1) is 21.3. The number of ether oxygens (including phenoxy) is 1. The Hall–Kier alpha value is -3.96. The second kappa shape index (κ2) is 9.90. The average molecular weight is 431 g/mol. The summed E-state index contributed by atoms with van der Waals surface area (Å²) < 4.78 is 19.7. The molecule has 8 heteroatoms. The number of halogens is 1. The van der Waals surface area contributed by atoms with Gasteiger partial charge in [-0.1, -0.05) is 24.3 Å². The van der Waals surface area contributed by atoms with Crippen LogP contribution in [0, 0.1) is 17.1 Å². The van der Waals surface area contributed by atoms with Crippen LogP contribution in [0.15, 0.2) is 60.8 Å². The van der Waals surface area contributed by atoms with E-state index in [2.05, 4.69) is 20.9 Å². The molecule has 4 rings (SSSR count). The van der Waals surface area contributed by atoms with Gasteiger partial charge in [-0.05, 0) is 48.9 Å². The summed E-state index contributed by atoms with van der Waals surface area (Å²) in [6.45, 7) is 1.42. The van der Waals surface area contributed by atoms with E-state index in [0.29, 0.717) is 42.9 Å². The maximum absolute atomic E-state index is 14.7. The molecule has 3 aromatic rings. The van der Waals surface area contributed by atoms with Gasteiger partial charge in [0.05, 0.1) is 29.4 Å². The van der Waals surface area contributed by atoms with Gasteiger partial charge in [-0.15, -0.1) is 0 Å². The summed E-state index contributed by atoms with van der Waals surface area (Å²) in [7, 11) is 0. The van der Waals surface area contributed by atoms with Gasteiger partial charge in [0.1, 0.15) is 17.4 Å². The van der Waals surface area contributed by atoms with Crippen LogP contribution in [0.3, 0.4) is 0 Å². The fraction of sp³-hybridized carbons (Fsp3) is 0.208. The molecule has 7 nitrogen and oxygen atoms in total. The standard InChI is InChI=1S/C24H22FN5O2/c25-19-5-2-1-4-18(19)23(21-14-29-20-6-3-10-28-24(20)30-21)27-11-9-17-8-7-16(13-26)12-22(17)32-15-31/h1-8,10,12,15,21,23,27,29H,9,11,14H2,(H,28,30)/t21-,23+/m0/s1. The van der Waals surface area contributed by atoms with Crippen LogP contribution in [0.2, 0.25) is 0 Å². The number of carbonyl (C=O) groups is 1. The van der Waals surface area contributed by atoms with E-state index >= 15 is 0 Å². The van der Waals surface area contributed by atoms with E-state index in [1.807, 2.05) is 24.3 Å². The predicted molar refractivity (Wildman–Crippen MR) is 119 cm³/mol. The molecule has 1 aliphatic rings. The lowest BCUT2D eigenvalue weighted by Crippen LogP contribution is -2.45. The Morgan fingerprint density at radius 2 is 2.16 bits per heavy atom. The Morgan fingerprint density at radius 1 is 1.28 bits per heavy atom. The molecule has 0 unspecified atom stereocenters. The summed E-state index contributed by atoms with van der Waals surface area (Å²) in [5.74, 6) is 0.779. The summed E-state index contributed by atoms with van der Waals surface area (Å²) >= 11 is 0. The maximum atomic E-state index is 14.7. The highest BCUT2D eigenvalue weighted by molar-refractivity contribution is 5.67. The van der Waals surface area contributed by atoms with E-state index in [-0.39, 0.29) is 17.9 Å². The smallest absolute Gasteiger partial charge is 0.298 e. The first-order valence-corrected chi connectivity index (χ1v) is 10.3. The number of nitrogens with one attached hydrogen (secondary N) is 3. The van der Waals surface area contributed by atoms with Crippen LogP contribution in [-0.2, 0) is 11.2 Å². The second-order valence-electron chi connectivity index (χ2n) is 7.38. The highest BCUT2D eigenvalue weighted by atomic mass is 19.1. The maximum Gasteiger partial charge on any atom is 0.298 e. The predicted octanol–water partition coefficient (Wildman–Crippen LogP) is 3.41. The fourth-order valence-corrected chi connectivity index (χ4v) is 3.86. The third-order valence-electron chi connectivity index (χ3n) is 5.41. The average Bonchev–Trinajstić information content (AvgIpc) is 2.83. The van der Waals surface area contributed by atoms with Gasteiger partial charge in [-0.25, -0.2) is 9.37 Å². The molecule has 2 heterocycles. The zero-order chi connectivity index (χ0) is 22.3. The summed E-state index contributed by atoms with van der Waals surface area (Å²) in [4.78, 5) is 15.2. The number of carbonyl (C=O) groups excluding carboxylic acids is 1. The molecule has 0 saturated heterocycles. The van der Waals surface area contributed by atoms with Crippen LogP contribution >= 0.6 is 0 Å². The van der Waals surface area contributed by atoms with Gasteiger partial charge in [0.2, 0.25) is 0 Å². The lowest BCUT2D eigenvalue weighted by Gasteiger charge is -2.34. The number of aromatic nitrogens is 1. The number of hydrogen-bond donors (Lipinski definition) is 3. The van der Waals surface area contributed by atoms with Gasteiger partial charge in [0.15, 0.2) is 0 Å². The Kier molecular flexibility index (Phi) is 6.58. The van der Waals surface area contributed by atoms with Crippen LogP contribution < -0.4 is 20.7 Å². The minimum Gasteiger partial charge on any atom is -0.428 e. The first-order valence-electron chi connectivity index (χ1n) is 10.3. The van der Waals surface area contributed by atoms with Crippen molar-refractivity contribution in [3.8, 4) is 11.8 Å². The van der Waals surface area contributed by atoms with Crippen molar-refractivity contribution in [1.82, 2.24) is 10.3 Å². The number of pyridine rings is 1. The number of nitriles is 1. The lowest BCUT2D eigenvalue weighted by atomic mass is 9.96. The second-order valence-corrected chi connectivity index (χ2v) is 7.38. The monoisotopic (exact) mass is 431 g/mol. The Morgan fingerprint density at radius 3 is 2.97 bits per heavy atom. The zero-order valence-electron chi connectivity index (χ0n) is 17.2. The molecule has 0 amide bonds. The van der Waals surface area contributed by atoms with Crippen LogP contribution in [0.25, 0.3) is 0 Å². The number of fused-ring (bicyclic) bond motifs is 1. The molecule has 0 fully saturated rings. The van der Waals surface area contributed by atoms with Gasteiger partial charge in [0, 0.05) is 18.3 Å². The molecular formula is C24H22FN5O2. The minimum atomic E-state index is -0.340. The molecule has 0 bridgehead atoms. The number of benzene rings is 2. The number of nitrogens with zero attached hydrogens (tertiary/aromatic N) is 2. The summed E-state index contributed by atoms with van der Waals surface area (Å²) in [6, 6.07) is 17.0. The van der Waals surface area contributed by atoms with Crippen molar-refractivity contribution in [2.24, 2.45) is 0 Å². The summed E-state index contributed by atoms with van der Waals surface area (Å²) in [5.41, 5.74) is 2.64. The van der Waals surface area contributed by atoms with Crippen molar-refractivity contribution in [3.05, 3.63) is 83.3 Å². The van der Waals surface area contributed by atoms with Crippen LogP contribution in [0.5, 0.6) is 5.75 Å². The number of hydrogen-bond acceptors (Lipinski definition) is 7. The van der Waals surface area contributed by atoms with Crippen LogP contribution in [0.4, 0.5) is 15.9 Å². The summed E-state index contributed by atoms with van der Waals surface area (Å²) in [6.07, 6.45) is 2.23. The van der Waals surface area contributed by atoms with Crippen molar-refractivity contribution < 1.29 is 13.9 Å². The first-order chi connectivity index (χ1) is 15.7. The third-order valence-corrected chi connectivity index (χ3v) is 5.41. The van der Waals surface area contributed by atoms with Crippen molar-refractivity contribution in [2.45, 2.75) is 18.5 Å². The highest BCUT2D eigenvalue weighted by Gasteiger charge is 2.29. The lowest BCUT2D eigenvalue weighted by molar-refractivity contribution is -0.120. The SMILES string of the molecule is N#Cc1ccc(CCN[C@H](c2ccccc2F)[C@@H]2CNc3cccnc3N2)c(OC=O)c1. The quantitative estimate of drug-likeness (QED) is 0.470. The van der Waals surface area contributed by atoms with Gasteiger partial charge in [0.25, 0.3) is 6.47 Å². The van der Waals surface area contributed by atoms with Crippen molar-refractivity contribution in [2.75, 3.05) is 23.7 Å². The Labute approximate surface area is 185 Å². The molecule has 3 N–H and O–H groups in total. The van der Waals surface area contributed by atoms with Gasteiger partial charge < -0.3 is 20.7 Å². The molecule has 1 aromatic heterocycles. The topological polar surface area (TPSA) is 99.1 Å². The van der Waals surface area contributed by atoms with Gasteiger partial charge >= 0.3 is 0 Å². The van der Waals surface area contributed by atoms with Crippen molar-refractivity contribution >= 4 is 18.0 Å². The summed E-state index contributed by atoms with van der Waals surface area (Å²) in [5, 5.41) is 19.3. The Bertz CT molecular complexity index is 1150. The van der Waals surface area contributed by atoms with Crippen LogP contribution in [0.1, 0.15) is 22.7 Å². The molecular weight excluding hydrogens is 409 g/mol. The van der Waals surface area contributed by atoms with E-state index in [9.17, 15) is 9.18 Å². The molecule has 32 heavy (non-hydrogen) atoms. The molecule has 0 aliphatic carbocycles. The minimum absolute atomic E-state index is 0.152. The van der Waals surface area contributed by atoms with Gasteiger partial charge in [-0.2, -0.15) is 5.26 Å². The zero-order valence-corrected chi connectivity index (χ0v) is 17.2. The molecule has 0 saturated carbocycles. The van der Waals surface area contributed by atoms with E-state index < -0.39 is 0 Å². The van der Waals surface area contributed by atoms with E-state index in [0.717, 1.165) is 17.1 Å². The van der Waals surface area contributed by atoms with Crippen molar-refractivity contribution in [1.29, 1.82) is 5.26 Å². The normalized spacial score (nSPS) is 15.4. The highest BCUT2D eigenvalue weighted by Crippen LogP contribution is 2.29. The molecule has 2 atom stereocenters. The molecule has 2 aromatic carbocycles.